The van der Waals surface area contributed by atoms with Gasteiger partial charge in [0.05, 0.1) is 12.1 Å². The van der Waals surface area contributed by atoms with E-state index >= 15 is 0 Å². The second kappa shape index (κ2) is 12.0. The molecule has 0 fully saturated rings. The first kappa shape index (κ1) is 31.4. The Kier molecular flexibility index (Phi) is 6.60. The van der Waals surface area contributed by atoms with Gasteiger partial charge in [-0.3, -0.25) is 4.57 Å². The maximum absolute atomic E-state index is 7.96. The fourth-order valence-corrected chi connectivity index (χ4v) is 8.68. The average molecular weight is 729 g/mol. The van der Waals surface area contributed by atoms with Crippen molar-refractivity contribution in [2.24, 2.45) is 0 Å². The van der Waals surface area contributed by atoms with Crippen LogP contribution in [0, 0.1) is 6.57 Å². The lowest BCUT2D eigenvalue weighted by molar-refractivity contribution is 0.666. The van der Waals surface area contributed by atoms with Crippen molar-refractivity contribution in [3.05, 3.63) is 181 Å². The summed E-state index contributed by atoms with van der Waals surface area (Å²) >= 11 is 0. The minimum Gasteiger partial charge on any atom is -0.454 e. The largest absolute Gasteiger partial charge is 0.454 e. The van der Waals surface area contributed by atoms with Crippen LogP contribution in [0.4, 0.5) is 5.69 Å². The Hall–Kier alpha value is -8.01. The third kappa shape index (κ3) is 4.63. The Bertz CT molecular complexity index is 3590. The van der Waals surface area contributed by atoms with Crippen molar-refractivity contribution in [3.8, 4) is 39.5 Å². The molecule has 0 unspecified atom stereocenters. The number of aromatic nitrogens is 3. The minimum absolute atomic E-state index is 0.475. The van der Waals surface area contributed by atoms with Crippen LogP contribution in [0.15, 0.2) is 179 Å². The lowest BCUT2D eigenvalue weighted by Gasteiger charge is -2.13. The number of furan rings is 2. The number of benzene rings is 8. The Balaban J connectivity index is 1.26. The summed E-state index contributed by atoms with van der Waals surface area (Å²) in [6.07, 6.45) is 0. The van der Waals surface area contributed by atoms with Gasteiger partial charge in [-0.2, -0.15) is 0 Å². The fourth-order valence-electron chi connectivity index (χ4n) is 8.68. The molecule has 0 amide bonds. The molecule has 8 aromatic carbocycles. The van der Waals surface area contributed by atoms with Crippen molar-refractivity contribution in [1.82, 2.24) is 14.5 Å². The molecule has 6 nitrogen and oxygen atoms in total. The van der Waals surface area contributed by atoms with Crippen LogP contribution in [-0.4, -0.2) is 14.5 Å². The molecule has 0 atom stereocenters. The van der Waals surface area contributed by atoms with Gasteiger partial charge < -0.3 is 8.83 Å². The molecule has 12 rings (SSSR count). The third-order valence-corrected chi connectivity index (χ3v) is 11.2. The van der Waals surface area contributed by atoms with E-state index in [-0.39, 0.29) is 0 Å². The van der Waals surface area contributed by atoms with Gasteiger partial charge in [-0.05, 0) is 86.9 Å². The summed E-state index contributed by atoms with van der Waals surface area (Å²) in [4.78, 5) is 14.8. The summed E-state index contributed by atoms with van der Waals surface area (Å²) in [6, 6.07) is 58.0. The molecule has 0 saturated carbocycles. The average Bonchev–Trinajstić information content (AvgIpc) is 3.96. The topological polar surface area (TPSA) is 61.4 Å². The van der Waals surface area contributed by atoms with Gasteiger partial charge in [0.2, 0.25) is 5.95 Å². The van der Waals surface area contributed by atoms with Gasteiger partial charge in [-0.25, -0.2) is 14.8 Å². The van der Waals surface area contributed by atoms with Gasteiger partial charge in [-0.15, -0.1) is 0 Å². The molecule has 0 aliphatic heterocycles. The van der Waals surface area contributed by atoms with Gasteiger partial charge in [0.25, 0.3) is 0 Å². The quantitative estimate of drug-likeness (QED) is 0.169. The third-order valence-electron chi connectivity index (χ3n) is 11.2. The van der Waals surface area contributed by atoms with Crippen molar-refractivity contribution in [3.63, 3.8) is 0 Å². The number of nitrogens with zero attached hydrogens (tertiary/aromatic N) is 4. The Morgan fingerprint density at radius 2 is 1.02 bits per heavy atom. The first-order valence-corrected chi connectivity index (χ1v) is 18.9. The highest BCUT2D eigenvalue weighted by Crippen LogP contribution is 2.47. The van der Waals surface area contributed by atoms with E-state index in [0.29, 0.717) is 28.4 Å². The lowest BCUT2D eigenvalue weighted by atomic mass is 9.95. The Labute approximate surface area is 325 Å². The van der Waals surface area contributed by atoms with E-state index in [2.05, 4.69) is 119 Å². The zero-order chi connectivity index (χ0) is 37.6. The molecule has 0 radical (unpaired) electrons. The smallest absolute Gasteiger partial charge is 0.236 e. The van der Waals surface area contributed by atoms with E-state index in [4.69, 9.17) is 25.4 Å². The molecule has 0 aliphatic rings. The van der Waals surface area contributed by atoms with Crippen LogP contribution in [0.3, 0.4) is 0 Å². The lowest BCUT2D eigenvalue weighted by Crippen LogP contribution is -2.03. The van der Waals surface area contributed by atoms with Crippen LogP contribution in [0.1, 0.15) is 0 Å². The molecular formula is C51H28N4O2. The molecule has 0 aliphatic carbocycles. The van der Waals surface area contributed by atoms with Gasteiger partial charge in [0.15, 0.2) is 16.9 Å². The number of para-hydroxylation sites is 2. The molecule has 12 aromatic rings. The summed E-state index contributed by atoms with van der Waals surface area (Å²) < 4.78 is 15.7. The predicted octanol–water partition coefficient (Wildman–Crippen LogP) is 14.1. The second-order valence-electron chi connectivity index (χ2n) is 14.4. The highest BCUT2D eigenvalue weighted by atomic mass is 16.3. The molecule has 0 bridgehead atoms. The molecular weight excluding hydrogens is 701 g/mol. The summed E-state index contributed by atoms with van der Waals surface area (Å²) in [5, 5.41) is 7.02. The number of hydrogen-bond donors (Lipinski definition) is 0. The number of hydrogen-bond acceptors (Lipinski definition) is 4. The van der Waals surface area contributed by atoms with Crippen molar-refractivity contribution >= 4 is 82.3 Å². The molecule has 264 valence electrons. The van der Waals surface area contributed by atoms with E-state index in [1.165, 1.54) is 0 Å². The van der Waals surface area contributed by atoms with Crippen LogP contribution in [0.2, 0.25) is 0 Å². The maximum Gasteiger partial charge on any atom is 0.236 e. The molecule has 4 aromatic heterocycles. The molecule has 57 heavy (non-hydrogen) atoms. The summed E-state index contributed by atoms with van der Waals surface area (Å²) in [7, 11) is 0. The van der Waals surface area contributed by atoms with Crippen molar-refractivity contribution in [2.75, 3.05) is 0 Å². The zero-order valence-electron chi connectivity index (χ0n) is 30.3. The molecule has 0 spiro atoms. The monoisotopic (exact) mass is 728 g/mol. The van der Waals surface area contributed by atoms with E-state index in [1.54, 1.807) is 0 Å². The van der Waals surface area contributed by atoms with Crippen LogP contribution >= 0.6 is 0 Å². The van der Waals surface area contributed by atoms with E-state index < -0.39 is 0 Å². The summed E-state index contributed by atoms with van der Waals surface area (Å²) in [6.45, 7) is 7.96. The van der Waals surface area contributed by atoms with Gasteiger partial charge >= 0.3 is 0 Å². The number of rotatable bonds is 4. The fraction of sp³-hybridized carbons (Fsp3) is 0. The maximum atomic E-state index is 7.96. The second-order valence-corrected chi connectivity index (χ2v) is 14.4. The zero-order valence-corrected chi connectivity index (χ0v) is 30.3. The van der Waals surface area contributed by atoms with Crippen molar-refractivity contribution < 1.29 is 8.83 Å². The summed E-state index contributed by atoms with van der Waals surface area (Å²) in [5.41, 5.74) is 11.8. The van der Waals surface area contributed by atoms with Crippen LogP contribution < -0.4 is 0 Å². The minimum atomic E-state index is 0.475. The number of fused-ring (bicyclic) bond motifs is 13. The summed E-state index contributed by atoms with van der Waals surface area (Å²) in [5.74, 6) is 0.475. The van der Waals surface area contributed by atoms with Gasteiger partial charge in [-0.1, -0.05) is 121 Å². The Morgan fingerprint density at radius 1 is 0.456 bits per heavy atom. The molecule has 0 saturated heterocycles. The molecule has 6 heteroatoms. The highest BCUT2D eigenvalue weighted by Gasteiger charge is 2.26. The SMILES string of the molecule is [C-]#[N+]c1ccc2c(c1)c1c3ccccc3c3c4ccccc4oc3c1n2-c1nc(-c2cc(-c3ccccc3)cc(-c3ccccc3)c2)c2oc3ccccc3c2n1. The normalized spacial score (nSPS) is 11.8. The van der Waals surface area contributed by atoms with Crippen molar-refractivity contribution in [2.45, 2.75) is 0 Å². The first-order valence-electron chi connectivity index (χ1n) is 18.9. The standard InChI is InChI=1S/C51H28N4O2/c1-52-35-24-25-41-40(29-35)44-36-18-8-9-19-37(36)45-38-20-10-12-22-42(38)56-49(45)48(44)55(41)51-53-46(50-47(54-51)39-21-11-13-23-43(39)57-50)34-27-32(30-14-4-2-5-15-30)26-33(28-34)31-16-6-3-7-17-31/h2-29H. The van der Waals surface area contributed by atoms with E-state index in [1.807, 2.05) is 60.7 Å². The van der Waals surface area contributed by atoms with Gasteiger partial charge in [0, 0.05) is 27.1 Å². The molecule has 0 N–H and O–H groups in total. The highest BCUT2D eigenvalue weighted by molar-refractivity contribution is 6.35. The first-order chi connectivity index (χ1) is 28.2. The molecule has 4 heterocycles. The van der Waals surface area contributed by atoms with Crippen LogP contribution in [0.5, 0.6) is 0 Å². The van der Waals surface area contributed by atoms with Gasteiger partial charge in [0.1, 0.15) is 27.9 Å². The van der Waals surface area contributed by atoms with Crippen LogP contribution in [-0.2, 0) is 0 Å². The van der Waals surface area contributed by atoms with E-state index in [9.17, 15) is 0 Å². The van der Waals surface area contributed by atoms with Crippen LogP contribution in [0.25, 0.3) is 121 Å². The predicted molar refractivity (Wildman–Crippen MR) is 231 cm³/mol. The van der Waals surface area contributed by atoms with E-state index in [0.717, 1.165) is 93.3 Å². The van der Waals surface area contributed by atoms with Crippen molar-refractivity contribution in [1.29, 1.82) is 0 Å². The Morgan fingerprint density at radius 3 is 1.70 bits per heavy atom.